The minimum Gasteiger partial charge on any atom is -0.352 e. The van der Waals surface area contributed by atoms with Gasteiger partial charge in [-0.3, -0.25) is 9.71 Å². The number of thiophene rings is 1. The van der Waals surface area contributed by atoms with E-state index in [2.05, 4.69) is 37.4 Å². The second kappa shape index (κ2) is 8.87. The highest BCUT2D eigenvalue weighted by Crippen LogP contribution is 2.16. The van der Waals surface area contributed by atoms with E-state index in [4.69, 9.17) is 0 Å². The normalized spacial score (nSPS) is 12.0. The zero-order chi connectivity index (χ0) is 18.3. The van der Waals surface area contributed by atoms with Gasteiger partial charge in [-0.15, -0.1) is 11.3 Å². The summed E-state index contributed by atoms with van der Waals surface area (Å²) in [4.78, 5) is 7.70. The second-order valence-electron chi connectivity index (χ2n) is 5.68. The lowest BCUT2D eigenvalue weighted by atomic mass is 10.2. The highest BCUT2D eigenvalue weighted by Gasteiger charge is 2.10. The molecule has 6 nitrogen and oxygen atoms in total. The largest absolute Gasteiger partial charge is 0.352 e. The molecule has 0 saturated heterocycles. The SMILES string of the molecule is CN=C(NCc1ccccc1NS(C)(=O)=O)N(C)CCc1cccs1. The quantitative estimate of drug-likeness (QED) is 0.571. The Hall–Kier alpha value is -2.06. The number of guanidine groups is 1. The molecule has 1 aromatic heterocycles. The minimum atomic E-state index is -3.31. The number of para-hydroxylation sites is 1. The van der Waals surface area contributed by atoms with Crippen LogP contribution in [0, 0.1) is 0 Å². The molecule has 0 spiro atoms. The molecular weight excluding hydrogens is 356 g/mol. The van der Waals surface area contributed by atoms with Gasteiger partial charge < -0.3 is 10.2 Å². The molecule has 0 saturated carbocycles. The van der Waals surface area contributed by atoms with Crippen LogP contribution >= 0.6 is 11.3 Å². The monoisotopic (exact) mass is 380 g/mol. The molecule has 0 fully saturated rings. The van der Waals surface area contributed by atoms with Crippen LogP contribution in [0.3, 0.4) is 0 Å². The summed E-state index contributed by atoms with van der Waals surface area (Å²) in [6.07, 6.45) is 2.11. The average molecular weight is 381 g/mol. The van der Waals surface area contributed by atoms with Crippen LogP contribution < -0.4 is 10.0 Å². The van der Waals surface area contributed by atoms with Gasteiger partial charge >= 0.3 is 0 Å². The van der Waals surface area contributed by atoms with Crippen LogP contribution in [0.5, 0.6) is 0 Å². The first-order chi connectivity index (χ1) is 11.9. The fraction of sp³-hybridized carbons (Fsp3) is 0.353. The molecule has 0 aliphatic carbocycles. The van der Waals surface area contributed by atoms with Gasteiger partial charge in [0.15, 0.2) is 5.96 Å². The molecule has 2 aromatic rings. The molecule has 0 aliphatic heterocycles. The predicted molar refractivity (Wildman–Crippen MR) is 106 cm³/mol. The van der Waals surface area contributed by atoms with E-state index in [0.717, 1.165) is 30.7 Å². The fourth-order valence-corrected chi connectivity index (χ4v) is 3.67. The van der Waals surface area contributed by atoms with Gasteiger partial charge in [0.05, 0.1) is 11.9 Å². The van der Waals surface area contributed by atoms with Gasteiger partial charge in [0.25, 0.3) is 0 Å². The second-order valence-corrected chi connectivity index (χ2v) is 8.46. The van der Waals surface area contributed by atoms with Crippen molar-refractivity contribution < 1.29 is 8.42 Å². The van der Waals surface area contributed by atoms with E-state index in [1.54, 1.807) is 30.5 Å². The van der Waals surface area contributed by atoms with Crippen molar-refractivity contribution in [1.29, 1.82) is 0 Å². The van der Waals surface area contributed by atoms with Crippen LogP contribution in [0.1, 0.15) is 10.4 Å². The Morgan fingerprint density at radius 2 is 2.00 bits per heavy atom. The van der Waals surface area contributed by atoms with Crippen LogP contribution in [0.15, 0.2) is 46.8 Å². The summed E-state index contributed by atoms with van der Waals surface area (Å²) in [6, 6.07) is 11.5. The summed E-state index contributed by atoms with van der Waals surface area (Å²) in [7, 11) is 0.419. The van der Waals surface area contributed by atoms with Crippen LogP contribution in [-0.2, 0) is 23.0 Å². The number of hydrogen-bond acceptors (Lipinski definition) is 4. The van der Waals surface area contributed by atoms with Crippen molar-refractivity contribution in [2.24, 2.45) is 4.99 Å². The Kier molecular flexibility index (Phi) is 6.83. The molecule has 2 N–H and O–H groups in total. The Labute approximate surface area is 153 Å². The Balaban J connectivity index is 1.96. The number of aliphatic imine (C=N–C) groups is 1. The number of anilines is 1. The minimum absolute atomic E-state index is 0.481. The number of likely N-dealkylation sites (N-methyl/N-ethyl adjacent to an activating group) is 1. The number of rotatable bonds is 7. The van der Waals surface area contributed by atoms with Crippen molar-refractivity contribution in [3.8, 4) is 0 Å². The van der Waals surface area contributed by atoms with Crippen molar-refractivity contribution in [2.75, 3.05) is 31.6 Å². The summed E-state index contributed by atoms with van der Waals surface area (Å²) < 4.78 is 25.5. The smallest absolute Gasteiger partial charge is 0.229 e. The Morgan fingerprint density at radius 1 is 1.24 bits per heavy atom. The highest BCUT2D eigenvalue weighted by molar-refractivity contribution is 7.92. The lowest BCUT2D eigenvalue weighted by Gasteiger charge is -2.22. The van der Waals surface area contributed by atoms with Gasteiger partial charge in [0.2, 0.25) is 10.0 Å². The summed E-state index contributed by atoms with van der Waals surface area (Å²) in [5.41, 5.74) is 1.44. The first kappa shape index (κ1) is 19.3. The van der Waals surface area contributed by atoms with Crippen LogP contribution in [0.4, 0.5) is 5.69 Å². The van der Waals surface area contributed by atoms with Crippen molar-refractivity contribution in [1.82, 2.24) is 10.2 Å². The third kappa shape index (κ3) is 6.39. The maximum Gasteiger partial charge on any atom is 0.229 e. The predicted octanol–water partition coefficient (Wildman–Crippen LogP) is 2.37. The van der Waals surface area contributed by atoms with Gasteiger partial charge in [0, 0.05) is 32.1 Å². The maximum absolute atomic E-state index is 11.5. The Bertz CT molecular complexity index is 802. The Morgan fingerprint density at radius 3 is 2.64 bits per heavy atom. The third-order valence-electron chi connectivity index (χ3n) is 3.60. The van der Waals surface area contributed by atoms with Crippen molar-refractivity contribution in [3.05, 3.63) is 52.2 Å². The van der Waals surface area contributed by atoms with Gasteiger partial charge in [-0.2, -0.15) is 0 Å². The van der Waals surface area contributed by atoms with Crippen molar-refractivity contribution in [3.63, 3.8) is 0 Å². The lowest BCUT2D eigenvalue weighted by molar-refractivity contribution is 0.486. The highest BCUT2D eigenvalue weighted by atomic mass is 32.2. The summed E-state index contributed by atoms with van der Waals surface area (Å²) in [5, 5.41) is 5.36. The topological polar surface area (TPSA) is 73.8 Å². The molecular formula is C17H24N4O2S2. The average Bonchev–Trinajstić information content (AvgIpc) is 3.07. The summed E-state index contributed by atoms with van der Waals surface area (Å²) >= 11 is 1.75. The van der Waals surface area contributed by atoms with E-state index in [9.17, 15) is 8.42 Å². The third-order valence-corrected chi connectivity index (χ3v) is 5.12. The van der Waals surface area contributed by atoms with E-state index >= 15 is 0 Å². The van der Waals surface area contributed by atoms with E-state index in [-0.39, 0.29) is 0 Å². The van der Waals surface area contributed by atoms with E-state index in [0.29, 0.717) is 12.2 Å². The summed E-state index contributed by atoms with van der Waals surface area (Å²) in [5.74, 6) is 0.769. The number of sulfonamides is 1. The number of benzene rings is 1. The first-order valence-electron chi connectivity index (χ1n) is 7.89. The first-order valence-corrected chi connectivity index (χ1v) is 10.7. The molecule has 1 aromatic carbocycles. The van der Waals surface area contributed by atoms with Gasteiger partial charge in [-0.05, 0) is 29.5 Å². The van der Waals surface area contributed by atoms with Crippen LogP contribution in [0.25, 0.3) is 0 Å². The van der Waals surface area contributed by atoms with E-state index in [1.165, 1.54) is 4.88 Å². The van der Waals surface area contributed by atoms with Crippen molar-refractivity contribution >= 4 is 33.0 Å². The molecule has 0 aliphatic rings. The van der Waals surface area contributed by atoms with Gasteiger partial charge in [-0.25, -0.2) is 8.42 Å². The van der Waals surface area contributed by atoms with Crippen molar-refractivity contribution in [2.45, 2.75) is 13.0 Å². The molecule has 0 atom stereocenters. The number of nitrogens with one attached hydrogen (secondary N) is 2. The van der Waals surface area contributed by atoms with Crippen LogP contribution in [0.2, 0.25) is 0 Å². The molecule has 0 amide bonds. The number of hydrogen-bond donors (Lipinski definition) is 2. The van der Waals surface area contributed by atoms with Gasteiger partial charge in [0.1, 0.15) is 0 Å². The molecule has 8 heteroatoms. The lowest BCUT2D eigenvalue weighted by Crippen LogP contribution is -2.39. The van der Waals surface area contributed by atoms with Gasteiger partial charge in [-0.1, -0.05) is 24.3 Å². The van der Waals surface area contributed by atoms with E-state index in [1.807, 2.05) is 19.2 Å². The molecule has 1 heterocycles. The molecule has 0 unspecified atom stereocenters. The molecule has 0 bridgehead atoms. The zero-order valence-electron chi connectivity index (χ0n) is 14.7. The van der Waals surface area contributed by atoms with Crippen LogP contribution in [-0.4, -0.2) is 46.2 Å². The molecule has 0 radical (unpaired) electrons. The fourth-order valence-electron chi connectivity index (χ4n) is 2.37. The zero-order valence-corrected chi connectivity index (χ0v) is 16.3. The molecule has 136 valence electrons. The standard InChI is InChI=1S/C17H24N4O2S2/c1-18-17(21(2)11-10-15-8-6-12-24-15)19-13-14-7-4-5-9-16(14)20-25(3,22)23/h4-9,12,20H,10-11,13H2,1-3H3,(H,18,19). The maximum atomic E-state index is 11.5. The molecule has 25 heavy (non-hydrogen) atoms. The molecule has 2 rings (SSSR count). The van der Waals surface area contributed by atoms with E-state index < -0.39 is 10.0 Å². The number of nitrogens with zero attached hydrogens (tertiary/aromatic N) is 2. The summed E-state index contributed by atoms with van der Waals surface area (Å²) in [6.45, 7) is 1.33.